The molecule has 136 valence electrons. The monoisotopic (exact) mass is 352 g/mol. The zero-order valence-corrected chi connectivity index (χ0v) is 15.2. The van der Waals surface area contributed by atoms with Crippen molar-refractivity contribution >= 4 is 11.8 Å². The standard InChI is InChI=1S/C21H24N2O3/c1-15(17-9-11-19(26-2)12-10-17)22-21(25)18-7-5-16(6-8-18)14-23-13-3-4-20(23)24/h5-12,15H,3-4,13-14H2,1-2H3,(H,22,25)/t15-/m1/s1. The predicted molar refractivity (Wildman–Crippen MR) is 100.0 cm³/mol. The molecule has 1 aliphatic heterocycles. The number of amides is 2. The summed E-state index contributed by atoms with van der Waals surface area (Å²) in [5.41, 5.74) is 2.67. The van der Waals surface area contributed by atoms with Crippen LogP contribution in [-0.4, -0.2) is 30.4 Å². The highest BCUT2D eigenvalue weighted by Crippen LogP contribution is 2.18. The Morgan fingerprint density at radius 1 is 1.15 bits per heavy atom. The molecule has 26 heavy (non-hydrogen) atoms. The van der Waals surface area contributed by atoms with Crippen molar-refractivity contribution in [3.05, 3.63) is 65.2 Å². The van der Waals surface area contributed by atoms with Gasteiger partial charge in [-0.3, -0.25) is 9.59 Å². The van der Waals surface area contributed by atoms with Crippen molar-refractivity contribution in [2.24, 2.45) is 0 Å². The van der Waals surface area contributed by atoms with Crippen molar-refractivity contribution < 1.29 is 14.3 Å². The molecule has 2 aromatic carbocycles. The predicted octanol–water partition coefficient (Wildman–Crippen LogP) is 3.31. The van der Waals surface area contributed by atoms with Gasteiger partial charge in [0.2, 0.25) is 5.91 Å². The molecule has 1 saturated heterocycles. The second kappa shape index (κ2) is 8.04. The number of rotatable bonds is 6. The lowest BCUT2D eigenvalue weighted by Gasteiger charge is -2.17. The maximum absolute atomic E-state index is 12.5. The van der Waals surface area contributed by atoms with E-state index in [0.29, 0.717) is 18.5 Å². The second-order valence-corrected chi connectivity index (χ2v) is 6.58. The average molecular weight is 352 g/mol. The summed E-state index contributed by atoms with van der Waals surface area (Å²) in [5, 5.41) is 3.01. The van der Waals surface area contributed by atoms with Gasteiger partial charge in [-0.2, -0.15) is 0 Å². The summed E-state index contributed by atoms with van der Waals surface area (Å²) in [5.74, 6) is 0.886. The van der Waals surface area contributed by atoms with Crippen LogP contribution in [0.15, 0.2) is 48.5 Å². The maximum atomic E-state index is 12.5. The maximum Gasteiger partial charge on any atom is 0.251 e. The lowest BCUT2D eigenvalue weighted by molar-refractivity contribution is -0.128. The van der Waals surface area contributed by atoms with Crippen molar-refractivity contribution in [1.82, 2.24) is 10.2 Å². The Kier molecular flexibility index (Phi) is 5.56. The summed E-state index contributed by atoms with van der Waals surface area (Å²) >= 11 is 0. The van der Waals surface area contributed by atoms with E-state index in [1.165, 1.54) is 0 Å². The van der Waals surface area contributed by atoms with Gasteiger partial charge in [0, 0.05) is 25.1 Å². The van der Waals surface area contributed by atoms with Crippen LogP contribution in [0.3, 0.4) is 0 Å². The molecule has 2 amide bonds. The first-order chi connectivity index (χ1) is 12.6. The lowest BCUT2D eigenvalue weighted by atomic mass is 10.1. The molecule has 2 aromatic rings. The Labute approximate surface area is 154 Å². The van der Waals surface area contributed by atoms with Crippen molar-refractivity contribution in [3.8, 4) is 5.75 Å². The molecular formula is C21H24N2O3. The molecule has 0 aromatic heterocycles. The number of nitrogens with zero attached hydrogens (tertiary/aromatic N) is 1. The zero-order chi connectivity index (χ0) is 18.5. The van der Waals surface area contributed by atoms with Crippen molar-refractivity contribution in [2.45, 2.75) is 32.4 Å². The minimum absolute atomic E-state index is 0.102. The number of carbonyl (C=O) groups is 2. The van der Waals surface area contributed by atoms with Gasteiger partial charge in [0.05, 0.1) is 13.2 Å². The van der Waals surface area contributed by atoms with Gasteiger partial charge in [-0.15, -0.1) is 0 Å². The summed E-state index contributed by atoms with van der Waals surface area (Å²) in [6.45, 7) is 3.39. The lowest BCUT2D eigenvalue weighted by Crippen LogP contribution is -2.27. The molecule has 0 unspecified atom stereocenters. The van der Waals surface area contributed by atoms with E-state index in [-0.39, 0.29) is 17.9 Å². The molecule has 0 spiro atoms. The van der Waals surface area contributed by atoms with E-state index in [4.69, 9.17) is 4.74 Å². The van der Waals surface area contributed by atoms with Crippen molar-refractivity contribution in [1.29, 1.82) is 0 Å². The first-order valence-electron chi connectivity index (χ1n) is 8.88. The van der Waals surface area contributed by atoms with Gasteiger partial charge >= 0.3 is 0 Å². The first-order valence-corrected chi connectivity index (χ1v) is 8.88. The molecular weight excluding hydrogens is 328 g/mol. The third-order valence-corrected chi connectivity index (χ3v) is 4.72. The van der Waals surface area contributed by atoms with Gasteiger partial charge in [0.1, 0.15) is 5.75 Å². The van der Waals surface area contributed by atoms with E-state index in [0.717, 1.165) is 29.8 Å². The Bertz CT molecular complexity index is 769. The number of ether oxygens (including phenoxy) is 1. The average Bonchev–Trinajstić information content (AvgIpc) is 3.07. The molecule has 1 heterocycles. The Morgan fingerprint density at radius 2 is 1.85 bits per heavy atom. The normalized spacial score (nSPS) is 15.0. The third-order valence-electron chi connectivity index (χ3n) is 4.72. The van der Waals surface area contributed by atoms with Gasteiger partial charge in [-0.25, -0.2) is 0 Å². The molecule has 0 bridgehead atoms. The number of hydrogen-bond donors (Lipinski definition) is 1. The summed E-state index contributed by atoms with van der Waals surface area (Å²) in [6, 6.07) is 15.0. The van der Waals surface area contributed by atoms with E-state index in [2.05, 4.69) is 5.32 Å². The van der Waals surface area contributed by atoms with Crippen molar-refractivity contribution in [3.63, 3.8) is 0 Å². The van der Waals surface area contributed by atoms with Crippen LogP contribution in [0.2, 0.25) is 0 Å². The number of methoxy groups -OCH3 is 1. The van der Waals surface area contributed by atoms with Crippen LogP contribution in [0.5, 0.6) is 5.75 Å². The molecule has 1 atom stereocenters. The fourth-order valence-corrected chi connectivity index (χ4v) is 3.11. The number of hydrogen-bond acceptors (Lipinski definition) is 3. The van der Waals surface area contributed by atoms with Crippen LogP contribution in [0, 0.1) is 0 Å². The molecule has 0 saturated carbocycles. The minimum Gasteiger partial charge on any atom is -0.497 e. The largest absolute Gasteiger partial charge is 0.497 e. The molecule has 5 heteroatoms. The highest BCUT2D eigenvalue weighted by Gasteiger charge is 2.20. The molecule has 3 rings (SSSR count). The smallest absolute Gasteiger partial charge is 0.251 e. The fourth-order valence-electron chi connectivity index (χ4n) is 3.11. The quantitative estimate of drug-likeness (QED) is 0.868. The summed E-state index contributed by atoms with van der Waals surface area (Å²) < 4.78 is 5.15. The molecule has 1 aliphatic rings. The third kappa shape index (κ3) is 4.23. The number of likely N-dealkylation sites (tertiary alicyclic amines) is 1. The number of benzene rings is 2. The van der Waals surface area contributed by atoms with Crippen LogP contribution >= 0.6 is 0 Å². The Morgan fingerprint density at radius 3 is 2.42 bits per heavy atom. The Hall–Kier alpha value is -2.82. The highest BCUT2D eigenvalue weighted by molar-refractivity contribution is 5.94. The van der Waals surface area contributed by atoms with Crippen LogP contribution < -0.4 is 10.1 Å². The Balaban J connectivity index is 1.59. The van der Waals surface area contributed by atoms with Crippen LogP contribution in [-0.2, 0) is 11.3 Å². The molecule has 1 N–H and O–H groups in total. The summed E-state index contributed by atoms with van der Waals surface area (Å²) in [6.07, 6.45) is 1.58. The van der Waals surface area contributed by atoms with Gasteiger partial charge in [-0.05, 0) is 48.7 Å². The van der Waals surface area contributed by atoms with E-state index in [9.17, 15) is 9.59 Å². The number of carbonyl (C=O) groups excluding carboxylic acids is 2. The SMILES string of the molecule is COc1ccc([C@@H](C)NC(=O)c2ccc(CN3CCCC3=O)cc2)cc1. The van der Waals surface area contributed by atoms with E-state index in [1.807, 2.05) is 60.4 Å². The molecule has 0 aliphatic carbocycles. The summed E-state index contributed by atoms with van der Waals surface area (Å²) in [4.78, 5) is 26.0. The molecule has 0 radical (unpaired) electrons. The number of nitrogens with one attached hydrogen (secondary N) is 1. The minimum atomic E-state index is -0.114. The zero-order valence-electron chi connectivity index (χ0n) is 15.2. The van der Waals surface area contributed by atoms with E-state index in [1.54, 1.807) is 7.11 Å². The highest BCUT2D eigenvalue weighted by atomic mass is 16.5. The van der Waals surface area contributed by atoms with Crippen molar-refractivity contribution in [2.75, 3.05) is 13.7 Å². The fraction of sp³-hybridized carbons (Fsp3) is 0.333. The topological polar surface area (TPSA) is 58.6 Å². The van der Waals surface area contributed by atoms with Gasteiger partial charge in [0.25, 0.3) is 5.91 Å². The van der Waals surface area contributed by atoms with E-state index >= 15 is 0 Å². The first kappa shape index (κ1) is 18.0. The van der Waals surface area contributed by atoms with E-state index < -0.39 is 0 Å². The van der Waals surface area contributed by atoms with Gasteiger partial charge in [0.15, 0.2) is 0 Å². The van der Waals surface area contributed by atoms with Crippen LogP contribution in [0.25, 0.3) is 0 Å². The molecule has 5 nitrogen and oxygen atoms in total. The molecule has 1 fully saturated rings. The van der Waals surface area contributed by atoms with Gasteiger partial charge < -0.3 is 15.0 Å². The summed E-state index contributed by atoms with van der Waals surface area (Å²) in [7, 11) is 1.63. The van der Waals surface area contributed by atoms with Crippen LogP contribution in [0.1, 0.15) is 47.3 Å². The van der Waals surface area contributed by atoms with Crippen LogP contribution in [0.4, 0.5) is 0 Å². The second-order valence-electron chi connectivity index (χ2n) is 6.58. The van der Waals surface area contributed by atoms with Gasteiger partial charge in [-0.1, -0.05) is 24.3 Å².